The standard InChI is InChI=1S/C18H16FNO/c1-12(21)13-2-4-14(5-3-13)16-7-6-15(10-17(16)19)18(11-20)8-9-18/h2-7,10,12,21H,8-9H2,1H3. The lowest BCUT2D eigenvalue weighted by atomic mass is 9.94. The molecule has 0 saturated heterocycles. The van der Waals surface area contributed by atoms with Crippen LogP contribution in [0.5, 0.6) is 0 Å². The highest BCUT2D eigenvalue weighted by Crippen LogP contribution is 2.48. The van der Waals surface area contributed by atoms with Gasteiger partial charge in [-0.05, 0) is 42.5 Å². The van der Waals surface area contributed by atoms with E-state index < -0.39 is 11.5 Å². The van der Waals surface area contributed by atoms with E-state index in [1.165, 1.54) is 6.07 Å². The zero-order valence-electron chi connectivity index (χ0n) is 11.8. The summed E-state index contributed by atoms with van der Waals surface area (Å²) in [5, 5.41) is 18.7. The van der Waals surface area contributed by atoms with Crippen LogP contribution >= 0.6 is 0 Å². The van der Waals surface area contributed by atoms with Gasteiger partial charge in [0.25, 0.3) is 0 Å². The van der Waals surface area contributed by atoms with Crippen LogP contribution in [0.15, 0.2) is 42.5 Å². The van der Waals surface area contributed by atoms with Crippen LogP contribution in [0, 0.1) is 17.1 Å². The molecule has 2 aromatic rings. The molecule has 0 heterocycles. The van der Waals surface area contributed by atoms with Crippen molar-refractivity contribution in [2.75, 3.05) is 0 Å². The molecule has 2 nitrogen and oxygen atoms in total. The van der Waals surface area contributed by atoms with Crippen molar-refractivity contribution in [2.24, 2.45) is 0 Å². The van der Waals surface area contributed by atoms with Crippen LogP contribution < -0.4 is 0 Å². The lowest BCUT2D eigenvalue weighted by Crippen LogP contribution is -2.03. The highest BCUT2D eigenvalue weighted by molar-refractivity contribution is 5.65. The Balaban J connectivity index is 1.95. The Bertz CT molecular complexity index is 709. The third-order valence-electron chi connectivity index (χ3n) is 4.19. The van der Waals surface area contributed by atoms with E-state index in [0.717, 1.165) is 29.5 Å². The predicted molar refractivity (Wildman–Crippen MR) is 79.0 cm³/mol. The predicted octanol–water partition coefficient (Wildman–Crippen LogP) is 4.10. The van der Waals surface area contributed by atoms with Crippen molar-refractivity contribution in [2.45, 2.75) is 31.3 Å². The van der Waals surface area contributed by atoms with Crippen LogP contribution in [-0.2, 0) is 5.41 Å². The summed E-state index contributed by atoms with van der Waals surface area (Å²) in [7, 11) is 0. The Morgan fingerprint density at radius 1 is 1.19 bits per heavy atom. The van der Waals surface area contributed by atoms with Crippen molar-refractivity contribution in [3.63, 3.8) is 0 Å². The van der Waals surface area contributed by atoms with Crippen molar-refractivity contribution in [3.05, 3.63) is 59.4 Å². The minimum absolute atomic E-state index is 0.307. The van der Waals surface area contributed by atoms with Crippen molar-refractivity contribution >= 4 is 0 Å². The fraction of sp³-hybridized carbons (Fsp3) is 0.278. The summed E-state index contributed by atoms with van der Waals surface area (Å²) in [6.07, 6.45) is 1.09. The van der Waals surface area contributed by atoms with Gasteiger partial charge in [-0.1, -0.05) is 36.4 Å². The molecular formula is C18H16FNO. The van der Waals surface area contributed by atoms with Crippen LogP contribution in [0.4, 0.5) is 4.39 Å². The van der Waals surface area contributed by atoms with E-state index >= 15 is 0 Å². The van der Waals surface area contributed by atoms with Gasteiger partial charge < -0.3 is 5.11 Å². The Kier molecular flexibility index (Phi) is 3.27. The summed E-state index contributed by atoms with van der Waals surface area (Å²) in [6, 6.07) is 14.5. The van der Waals surface area contributed by atoms with Gasteiger partial charge in [0.1, 0.15) is 5.82 Å². The molecule has 0 bridgehead atoms. The fourth-order valence-corrected chi connectivity index (χ4v) is 2.58. The molecule has 3 rings (SSSR count). The van der Waals surface area contributed by atoms with Gasteiger partial charge in [0.05, 0.1) is 17.6 Å². The summed E-state index contributed by atoms with van der Waals surface area (Å²) >= 11 is 0. The maximum atomic E-state index is 14.3. The van der Waals surface area contributed by atoms with E-state index in [4.69, 9.17) is 0 Å². The number of rotatable bonds is 3. The first-order chi connectivity index (χ1) is 10.1. The minimum atomic E-state index is -0.531. The average molecular weight is 281 g/mol. The first-order valence-corrected chi connectivity index (χ1v) is 7.05. The van der Waals surface area contributed by atoms with E-state index in [9.17, 15) is 14.8 Å². The monoisotopic (exact) mass is 281 g/mol. The second kappa shape index (κ2) is 4.98. The van der Waals surface area contributed by atoms with Crippen LogP contribution in [-0.4, -0.2) is 5.11 Å². The number of hydrogen-bond acceptors (Lipinski definition) is 2. The van der Waals surface area contributed by atoms with Gasteiger partial charge >= 0.3 is 0 Å². The lowest BCUT2D eigenvalue weighted by molar-refractivity contribution is 0.199. The Morgan fingerprint density at radius 2 is 1.86 bits per heavy atom. The fourth-order valence-electron chi connectivity index (χ4n) is 2.58. The maximum absolute atomic E-state index is 14.3. The van der Waals surface area contributed by atoms with E-state index in [2.05, 4.69) is 6.07 Å². The SMILES string of the molecule is CC(O)c1ccc(-c2ccc(C3(C#N)CC3)cc2F)cc1. The number of nitriles is 1. The second-order valence-corrected chi connectivity index (χ2v) is 5.69. The number of aliphatic hydroxyl groups excluding tert-OH is 1. The zero-order valence-corrected chi connectivity index (χ0v) is 11.8. The first kappa shape index (κ1) is 13.8. The molecule has 1 N–H and O–H groups in total. The molecule has 1 aliphatic rings. The quantitative estimate of drug-likeness (QED) is 0.920. The second-order valence-electron chi connectivity index (χ2n) is 5.69. The molecule has 1 unspecified atom stereocenters. The van der Waals surface area contributed by atoms with Gasteiger partial charge in [-0.25, -0.2) is 4.39 Å². The van der Waals surface area contributed by atoms with Gasteiger partial charge in [-0.3, -0.25) is 0 Å². The van der Waals surface area contributed by atoms with Gasteiger partial charge in [0.2, 0.25) is 0 Å². The molecule has 1 aliphatic carbocycles. The zero-order chi connectivity index (χ0) is 15.0. The summed E-state index contributed by atoms with van der Waals surface area (Å²) < 4.78 is 14.3. The number of halogens is 1. The summed E-state index contributed by atoms with van der Waals surface area (Å²) in [5.41, 5.74) is 2.40. The third-order valence-corrected chi connectivity index (χ3v) is 4.19. The van der Waals surface area contributed by atoms with Crippen LogP contribution in [0.3, 0.4) is 0 Å². The minimum Gasteiger partial charge on any atom is -0.389 e. The van der Waals surface area contributed by atoms with Crippen molar-refractivity contribution in [1.29, 1.82) is 5.26 Å². The summed E-state index contributed by atoms with van der Waals surface area (Å²) in [4.78, 5) is 0. The van der Waals surface area contributed by atoms with Crippen molar-refractivity contribution in [3.8, 4) is 17.2 Å². The lowest BCUT2D eigenvalue weighted by Gasteiger charge is -2.10. The first-order valence-electron chi connectivity index (χ1n) is 7.05. The van der Waals surface area contributed by atoms with E-state index in [0.29, 0.717) is 5.56 Å². The molecule has 0 spiro atoms. The Morgan fingerprint density at radius 3 is 2.33 bits per heavy atom. The largest absolute Gasteiger partial charge is 0.389 e. The van der Waals surface area contributed by atoms with Gasteiger partial charge in [-0.2, -0.15) is 5.26 Å². The number of aliphatic hydroxyl groups is 1. The van der Waals surface area contributed by atoms with E-state index in [1.807, 2.05) is 6.07 Å². The van der Waals surface area contributed by atoms with Crippen molar-refractivity contribution < 1.29 is 9.50 Å². The number of hydrogen-bond donors (Lipinski definition) is 1. The van der Waals surface area contributed by atoms with Gasteiger partial charge in [-0.15, -0.1) is 0 Å². The van der Waals surface area contributed by atoms with E-state index in [1.54, 1.807) is 37.3 Å². The van der Waals surface area contributed by atoms with Crippen LogP contribution in [0.2, 0.25) is 0 Å². The van der Waals surface area contributed by atoms with Gasteiger partial charge in [0.15, 0.2) is 0 Å². The molecule has 1 saturated carbocycles. The molecule has 0 amide bonds. The molecule has 0 radical (unpaired) electrons. The average Bonchev–Trinajstić information content (AvgIpc) is 3.28. The molecule has 2 aromatic carbocycles. The maximum Gasteiger partial charge on any atom is 0.131 e. The normalized spacial score (nSPS) is 17.0. The molecule has 1 atom stereocenters. The molecule has 3 heteroatoms. The van der Waals surface area contributed by atoms with E-state index in [-0.39, 0.29) is 5.82 Å². The Hall–Kier alpha value is -2.18. The van der Waals surface area contributed by atoms with Gasteiger partial charge in [0, 0.05) is 5.56 Å². The van der Waals surface area contributed by atoms with Crippen molar-refractivity contribution in [1.82, 2.24) is 0 Å². The highest BCUT2D eigenvalue weighted by Gasteiger charge is 2.45. The van der Waals surface area contributed by atoms with Crippen LogP contribution in [0.25, 0.3) is 11.1 Å². The topological polar surface area (TPSA) is 44.0 Å². The van der Waals surface area contributed by atoms with Crippen LogP contribution in [0.1, 0.15) is 37.0 Å². The number of nitrogens with zero attached hydrogens (tertiary/aromatic N) is 1. The number of benzene rings is 2. The Labute approximate surface area is 123 Å². The molecule has 106 valence electrons. The highest BCUT2D eigenvalue weighted by atomic mass is 19.1. The smallest absolute Gasteiger partial charge is 0.131 e. The molecule has 0 aromatic heterocycles. The molecule has 1 fully saturated rings. The molecular weight excluding hydrogens is 265 g/mol. The molecule has 0 aliphatic heterocycles. The summed E-state index contributed by atoms with van der Waals surface area (Å²) in [6.45, 7) is 1.70. The molecule has 21 heavy (non-hydrogen) atoms. The summed E-state index contributed by atoms with van der Waals surface area (Å²) in [5.74, 6) is -0.307. The third kappa shape index (κ3) is 2.43.